The topological polar surface area (TPSA) is 52.6 Å². The molecule has 0 aliphatic heterocycles. The number of phenolic OH excluding ortho intramolecular Hbond substituents is 1. The van der Waals surface area contributed by atoms with E-state index >= 15 is 0 Å². The summed E-state index contributed by atoms with van der Waals surface area (Å²) in [5.41, 5.74) is 0.315. The van der Waals surface area contributed by atoms with Crippen LogP contribution in [0, 0.1) is 0 Å². The summed E-state index contributed by atoms with van der Waals surface area (Å²) in [6, 6.07) is 5.03. The lowest BCUT2D eigenvalue weighted by Crippen LogP contribution is -2.37. The minimum absolute atomic E-state index is 0.0441. The summed E-state index contributed by atoms with van der Waals surface area (Å²) in [6.07, 6.45) is 5.12. The Balaban J connectivity index is 1.81. The average molecular weight is 297 g/mol. The number of aromatic hydroxyl groups is 1. The molecule has 1 aromatic carbocycles. The number of likely N-dealkylation sites (N-methyl/N-ethyl adjacent to an activating group) is 1. The van der Waals surface area contributed by atoms with Crippen molar-refractivity contribution in [2.75, 3.05) is 20.1 Å². The Labute approximate surface area is 124 Å². The van der Waals surface area contributed by atoms with Crippen molar-refractivity contribution in [2.45, 2.75) is 31.7 Å². The third-order valence-electron chi connectivity index (χ3n) is 3.89. The molecule has 0 radical (unpaired) electrons. The molecule has 5 heteroatoms. The number of carbonyl (C=O) groups excluding carboxylic acids is 1. The fourth-order valence-corrected chi connectivity index (χ4v) is 2.86. The van der Waals surface area contributed by atoms with Crippen LogP contribution in [0.3, 0.4) is 0 Å². The number of carbonyl (C=O) groups is 1. The molecule has 1 saturated carbocycles. The summed E-state index contributed by atoms with van der Waals surface area (Å²) in [6.45, 7) is 1.41. The fraction of sp³-hybridized carbons (Fsp3) is 0.533. The van der Waals surface area contributed by atoms with Crippen LogP contribution in [0.5, 0.6) is 5.75 Å². The lowest BCUT2D eigenvalue weighted by molar-refractivity contribution is 0.0947. The summed E-state index contributed by atoms with van der Waals surface area (Å²) in [4.78, 5) is 14.3. The summed E-state index contributed by atoms with van der Waals surface area (Å²) >= 11 is 5.95. The lowest BCUT2D eigenvalue weighted by Gasteiger charge is -2.23. The molecule has 0 spiro atoms. The van der Waals surface area contributed by atoms with E-state index in [4.69, 9.17) is 11.6 Å². The largest absolute Gasteiger partial charge is 0.508 e. The van der Waals surface area contributed by atoms with Crippen molar-refractivity contribution in [2.24, 2.45) is 0 Å². The SMILES string of the molecule is CN(CCNC(=O)c1cc(O)ccc1Cl)C1CCCC1. The van der Waals surface area contributed by atoms with E-state index in [2.05, 4.69) is 17.3 Å². The molecule has 0 heterocycles. The van der Waals surface area contributed by atoms with Crippen molar-refractivity contribution in [1.29, 1.82) is 0 Å². The highest BCUT2D eigenvalue weighted by Gasteiger charge is 2.19. The second-order valence-corrected chi connectivity index (χ2v) is 5.75. The zero-order valence-electron chi connectivity index (χ0n) is 11.7. The molecule has 1 aliphatic carbocycles. The number of nitrogens with zero attached hydrogens (tertiary/aromatic N) is 1. The molecule has 0 unspecified atom stereocenters. The summed E-state index contributed by atoms with van der Waals surface area (Å²) < 4.78 is 0. The third kappa shape index (κ3) is 3.87. The standard InChI is InChI=1S/C15H21ClN2O2/c1-18(11-4-2-3-5-11)9-8-17-15(20)13-10-12(19)6-7-14(13)16/h6-7,10-11,19H,2-5,8-9H2,1H3,(H,17,20). The van der Waals surface area contributed by atoms with Gasteiger partial charge in [0.25, 0.3) is 5.91 Å². The zero-order valence-corrected chi connectivity index (χ0v) is 12.5. The van der Waals surface area contributed by atoms with Gasteiger partial charge in [-0.05, 0) is 38.1 Å². The van der Waals surface area contributed by atoms with Gasteiger partial charge in [-0.3, -0.25) is 4.79 Å². The Morgan fingerprint density at radius 2 is 2.15 bits per heavy atom. The number of halogens is 1. The van der Waals surface area contributed by atoms with Crippen molar-refractivity contribution in [3.63, 3.8) is 0 Å². The van der Waals surface area contributed by atoms with Gasteiger partial charge in [-0.1, -0.05) is 24.4 Å². The molecule has 0 aromatic heterocycles. The van der Waals surface area contributed by atoms with Gasteiger partial charge in [0.2, 0.25) is 0 Å². The van der Waals surface area contributed by atoms with Gasteiger partial charge in [-0.15, -0.1) is 0 Å². The van der Waals surface area contributed by atoms with Gasteiger partial charge in [-0.25, -0.2) is 0 Å². The second-order valence-electron chi connectivity index (χ2n) is 5.34. The summed E-state index contributed by atoms with van der Waals surface area (Å²) in [5, 5.41) is 12.6. The Bertz CT molecular complexity index is 473. The fourth-order valence-electron chi connectivity index (χ4n) is 2.66. The smallest absolute Gasteiger partial charge is 0.252 e. The molecule has 0 atom stereocenters. The van der Waals surface area contributed by atoms with Crippen LogP contribution in [0.2, 0.25) is 5.02 Å². The average Bonchev–Trinajstić information content (AvgIpc) is 2.95. The summed E-state index contributed by atoms with van der Waals surface area (Å²) in [5.74, 6) is -0.201. The van der Waals surface area contributed by atoms with Crippen molar-refractivity contribution < 1.29 is 9.90 Å². The maximum atomic E-state index is 12.0. The van der Waals surface area contributed by atoms with Gasteiger partial charge >= 0.3 is 0 Å². The van der Waals surface area contributed by atoms with Crippen molar-refractivity contribution >= 4 is 17.5 Å². The monoisotopic (exact) mass is 296 g/mol. The van der Waals surface area contributed by atoms with Crippen molar-refractivity contribution in [3.8, 4) is 5.75 Å². The van der Waals surface area contributed by atoms with Crippen LogP contribution in [0.1, 0.15) is 36.0 Å². The van der Waals surface area contributed by atoms with Gasteiger partial charge < -0.3 is 15.3 Å². The van der Waals surface area contributed by atoms with Gasteiger partial charge in [-0.2, -0.15) is 0 Å². The minimum Gasteiger partial charge on any atom is -0.508 e. The van der Waals surface area contributed by atoms with Crippen molar-refractivity contribution in [1.82, 2.24) is 10.2 Å². The number of phenols is 1. The number of hydrogen-bond donors (Lipinski definition) is 2. The highest BCUT2D eigenvalue weighted by atomic mass is 35.5. The third-order valence-corrected chi connectivity index (χ3v) is 4.22. The molecule has 2 rings (SSSR count). The predicted molar refractivity (Wildman–Crippen MR) is 80.3 cm³/mol. The molecule has 1 aromatic rings. The number of rotatable bonds is 5. The first-order chi connectivity index (χ1) is 9.58. The first-order valence-corrected chi connectivity index (χ1v) is 7.42. The van der Waals surface area contributed by atoms with E-state index in [0.29, 0.717) is 23.2 Å². The molecule has 1 fully saturated rings. The Morgan fingerprint density at radius 1 is 1.45 bits per heavy atom. The van der Waals surface area contributed by atoms with Gasteiger partial charge in [0, 0.05) is 19.1 Å². The number of amides is 1. The minimum atomic E-state index is -0.245. The van der Waals surface area contributed by atoms with Crippen LogP contribution in [-0.2, 0) is 0 Å². The molecule has 4 nitrogen and oxygen atoms in total. The van der Waals surface area contributed by atoms with Crippen LogP contribution in [-0.4, -0.2) is 42.1 Å². The number of hydrogen-bond acceptors (Lipinski definition) is 3. The van der Waals surface area contributed by atoms with Crippen LogP contribution in [0.4, 0.5) is 0 Å². The van der Waals surface area contributed by atoms with Gasteiger partial charge in [0.15, 0.2) is 0 Å². The van der Waals surface area contributed by atoms with Crippen LogP contribution < -0.4 is 5.32 Å². The molecule has 0 saturated heterocycles. The van der Waals surface area contributed by atoms with E-state index in [1.54, 1.807) is 0 Å². The molecule has 1 aliphatic rings. The maximum absolute atomic E-state index is 12.0. The number of benzene rings is 1. The first-order valence-electron chi connectivity index (χ1n) is 7.05. The van der Waals surface area contributed by atoms with Crippen LogP contribution in [0.15, 0.2) is 18.2 Å². The van der Waals surface area contributed by atoms with Gasteiger partial charge in [0.05, 0.1) is 10.6 Å². The Morgan fingerprint density at radius 3 is 2.85 bits per heavy atom. The molecule has 110 valence electrons. The second kappa shape index (κ2) is 6.95. The van der Waals surface area contributed by atoms with Crippen molar-refractivity contribution in [3.05, 3.63) is 28.8 Å². The quantitative estimate of drug-likeness (QED) is 0.878. The lowest BCUT2D eigenvalue weighted by atomic mass is 10.2. The van der Waals surface area contributed by atoms with E-state index in [1.165, 1.54) is 43.9 Å². The Kier molecular flexibility index (Phi) is 5.26. The molecular formula is C15H21ClN2O2. The summed E-state index contributed by atoms with van der Waals surface area (Å²) in [7, 11) is 2.10. The predicted octanol–water partition coefficient (Wildman–Crippen LogP) is 2.65. The highest BCUT2D eigenvalue weighted by molar-refractivity contribution is 6.33. The van der Waals surface area contributed by atoms with Crippen LogP contribution >= 0.6 is 11.6 Å². The van der Waals surface area contributed by atoms with Gasteiger partial charge in [0.1, 0.15) is 5.75 Å². The van der Waals surface area contributed by atoms with E-state index in [-0.39, 0.29) is 11.7 Å². The number of nitrogens with one attached hydrogen (secondary N) is 1. The van der Waals surface area contributed by atoms with Crippen LogP contribution in [0.25, 0.3) is 0 Å². The van der Waals surface area contributed by atoms with E-state index in [0.717, 1.165) is 6.54 Å². The van der Waals surface area contributed by atoms with E-state index < -0.39 is 0 Å². The van der Waals surface area contributed by atoms with E-state index in [9.17, 15) is 9.90 Å². The molecule has 2 N–H and O–H groups in total. The van der Waals surface area contributed by atoms with E-state index in [1.807, 2.05) is 0 Å². The maximum Gasteiger partial charge on any atom is 0.252 e. The molecule has 20 heavy (non-hydrogen) atoms. The normalized spacial score (nSPS) is 15.8. The zero-order chi connectivity index (χ0) is 14.5. The first kappa shape index (κ1) is 15.1. The molecule has 1 amide bonds. The molecular weight excluding hydrogens is 276 g/mol. The Hall–Kier alpha value is -1.26. The highest BCUT2D eigenvalue weighted by Crippen LogP contribution is 2.22. The molecule has 0 bridgehead atoms.